The first-order valence-corrected chi connectivity index (χ1v) is 7.28. The van der Waals surface area contributed by atoms with Crippen LogP contribution in [0.25, 0.3) is 0 Å². The maximum Gasteiger partial charge on any atom is 0.135 e. The van der Waals surface area contributed by atoms with E-state index in [4.69, 9.17) is 0 Å². The van der Waals surface area contributed by atoms with Crippen LogP contribution in [0.15, 0.2) is 30.3 Å². The van der Waals surface area contributed by atoms with Crippen LogP contribution in [0.2, 0.25) is 0 Å². The van der Waals surface area contributed by atoms with Gasteiger partial charge in [0.2, 0.25) is 0 Å². The lowest BCUT2D eigenvalue weighted by atomic mass is 9.68. The summed E-state index contributed by atoms with van der Waals surface area (Å²) in [7, 11) is 0. The van der Waals surface area contributed by atoms with Gasteiger partial charge in [0, 0.05) is 5.41 Å². The van der Waals surface area contributed by atoms with Gasteiger partial charge < -0.3 is 0 Å². The van der Waals surface area contributed by atoms with Gasteiger partial charge in [-0.05, 0) is 44.6 Å². The maximum absolute atomic E-state index is 12.0. The first-order valence-electron chi connectivity index (χ1n) is 7.28. The number of carbonyl (C=O) groups is 1. The van der Waals surface area contributed by atoms with Crippen molar-refractivity contribution in [3.8, 4) is 0 Å². The van der Waals surface area contributed by atoms with Gasteiger partial charge in [0.05, 0.1) is 0 Å². The van der Waals surface area contributed by atoms with Gasteiger partial charge in [-0.25, -0.2) is 0 Å². The highest BCUT2D eigenvalue weighted by atomic mass is 16.1. The Labute approximate surface area is 111 Å². The molecule has 98 valence electrons. The van der Waals surface area contributed by atoms with Gasteiger partial charge >= 0.3 is 0 Å². The van der Waals surface area contributed by atoms with E-state index in [9.17, 15) is 4.79 Å². The zero-order valence-corrected chi connectivity index (χ0v) is 11.5. The Kier molecular flexibility index (Phi) is 4.57. The summed E-state index contributed by atoms with van der Waals surface area (Å²) in [6.07, 6.45) is 9.37. The highest BCUT2D eigenvalue weighted by molar-refractivity contribution is 5.82. The number of rotatable bonds is 5. The van der Waals surface area contributed by atoms with Gasteiger partial charge in [0.15, 0.2) is 0 Å². The van der Waals surface area contributed by atoms with Crippen LogP contribution in [0, 0.1) is 5.41 Å². The largest absolute Gasteiger partial charge is 0.299 e. The standard InChI is InChI=1S/C17H24O/c1-15(18)17(12-6-3-7-13-17)14-8-11-16-9-4-2-5-10-16/h2,4-5,9-10H,3,6-8,11-14H2,1H3. The number of carbonyl (C=O) groups excluding carboxylic acids is 1. The Bertz CT molecular complexity index is 374. The van der Waals surface area contributed by atoms with Crippen LogP contribution in [0.1, 0.15) is 57.4 Å². The SMILES string of the molecule is CC(=O)C1(CCCc2ccccc2)CCCCC1. The molecule has 0 radical (unpaired) electrons. The van der Waals surface area contributed by atoms with Crippen molar-refractivity contribution in [2.45, 2.75) is 58.3 Å². The Morgan fingerprint density at radius 2 is 1.78 bits per heavy atom. The van der Waals surface area contributed by atoms with Crippen LogP contribution in [0.3, 0.4) is 0 Å². The minimum absolute atomic E-state index is 0.0209. The molecule has 0 amide bonds. The molecular formula is C17H24O. The molecule has 1 heteroatoms. The highest BCUT2D eigenvalue weighted by Gasteiger charge is 2.35. The van der Waals surface area contributed by atoms with Crippen LogP contribution in [0.4, 0.5) is 0 Å². The minimum Gasteiger partial charge on any atom is -0.299 e. The second-order valence-corrected chi connectivity index (χ2v) is 5.74. The molecule has 0 N–H and O–H groups in total. The zero-order chi connectivity index (χ0) is 12.8. The summed E-state index contributed by atoms with van der Waals surface area (Å²) in [5, 5.41) is 0. The summed E-state index contributed by atoms with van der Waals surface area (Å²) in [6.45, 7) is 1.80. The van der Waals surface area contributed by atoms with Crippen molar-refractivity contribution in [1.82, 2.24) is 0 Å². The third kappa shape index (κ3) is 3.22. The van der Waals surface area contributed by atoms with Crippen molar-refractivity contribution < 1.29 is 4.79 Å². The molecule has 0 atom stereocenters. The van der Waals surface area contributed by atoms with Crippen molar-refractivity contribution in [1.29, 1.82) is 0 Å². The van der Waals surface area contributed by atoms with Crippen LogP contribution in [-0.4, -0.2) is 5.78 Å². The molecule has 1 aromatic carbocycles. The van der Waals surface area contributed by atoms with Gasteiger partial charge in [0.25, 0.3) is 0 Å². The summed E-state index contributed by atoms with van der Waals surface area (Å²) >= 11 is 0. The van der Waals surface area contributed by atoms with Crippen LogP contribution in [-0.2, 0) is 11.2 Å². The van der Waals surface area contributed by atoms with Crippen molar-refractivity contribution in [3.63, 3.8) is 0 Å². The number of hydrogen-bond acceptors (Lipinski definition) is 1. The number of Topliss-reactive ketones (excluding diaryl/α,β-unsaturated/α-hetero) is 1. The Hall–Kier alpha value is -1.11. The first kappa shape index (κ1) is 13.3. The second-order valence-electron chi connectivity index (χ2n) is 5.74. The molecule has 0 aromatic heterocycles. The lowest BCUT2D eigenvalue weighted by molar-refractivity contribution is -0.128. The molecule has 0 spiro atoms. The van der Waals surface area contributed by atoms with Crippen molar-refractivity contribution in [2.24, 2.45) is 5.41 Å². The summed E-state index contributed by atoms with van der Waals surface area (Å²) < 4.78 is 0. The average molecular weight is 244 g/mol. The first-order chi connectivity index (χ1) is 8.73. The second kappa shape index (κ2) is 6.17. The third-order valence-electron chi connectivity index (χ3n) is 4.52. The molecule has 1 aliphatic carbocycles. The molecule has 1 nitrogen and oxygen atoms in total. The normalized spacial score (nSPS) is 18.5. The molecule has 1 fully saturated rings. The van der Waals surface area contributed by atoms with E-state index in [0.29, 0.717) is 5.78 Å². The van der Waals surface area contributed by atoms with Crippen molar-refractivity contribution in [3.05, 3.63) is 35.9 Å². The van der Waals surface area contributed by atoms with Crippen LogP contribution < -0.4 is 0 Å². The van der Waals surface area contributed by atoms with Gasteiger partial charge in [-0.3, -0.25) is 4.79 Å². The van der Waals surface area contributed by atoms with Gasteiger partial charge in [-0.15, -0.1) is 0 Å². The lowest BCUT2D eigenvalue weighted by Crippen LogP contribution is -2.31. The van der Waals surface area contributed by atoms with E-state index in [1.54, 1.807) is 6.92 Å². The van der Waals surface area contributed by atoms with E-state index in [1.165, 1.54) is 24.8 Å². The summed E-state index contributed by atoms with van der Waals surface area (Å²) in [4.78, 5) is 12.0. The predicted molar refractivity (Wildman–Crippen MR) is 75.6 cm³/mol. The quantitative estimate of drug-likeness (QED) is 0.742. The molecule has 0 bridgehead atoms. The molecule has 0 heterocycles. The molecule has 1 aromatic rings. The fourth-order valence-corrected chi connectivity index (χ4v) is 3.28. The predicted octanol–water partition coefficient (Wildman–Crippen LogP) is 4.55. The topological polar surface area (TPSA) is 17.1 Å². The monoisotopic (exact) mass is 244 g/mol. The van der Waals surface area contributed by atoms with E-state index in [0.717, 1.165) is 32.1 Å². The molecule has 2 rings (SSSR count). The average Bonchev–Trinajstić information content (AvgIpc) is 2.41. The fraction of sp³-hybridized carbons (Fsp3) is 0.588. The Morgan fingerprint density at radius 3 is 2.39 bits per heavy atom. The van der Waals surface area contributed by atoms with Crippen molar-refractivity contribution >= 4 is 5.78 Å². The Morgan fingerprint density at radius 1 is 1.11 bits per heavy atom. The van der Waals surface area contributed by atoms with E-state index < -0.39 is 0 Å². The molecule has 0 aliphatic heterocycles. The number of benzene rings is 1. The van der Waals surface area contributed by atoms with Gasteiger partial charge in [-0.1, -0.05) is 49.6 Å². The lowest BCUT2D eigenvalue weighted by Gasteiger charge is -2.35. The molecular weight excluding hydrogens is 220 g/mol. The summed E-state index contributed by atoms with van der Waals surface area (Å²) in [5.41, 5.74) is 1.42. The van der Waals surface area contributed by atoms with E-state index in [-0.39, 0.29) is 5.41 Å². The number of hydrogen-bond donors (Lipinski definition) is 0. The van der Waals surface area contributed by atoms with Crippen LogP contribution >= 0.6 is 0 Å². The number of ketones is 1. The van der Waals surface area contributed by atoms with Gasteiger partial charge in [0.1, 0.15) is 5.78 Å². The molecule has 0 unspecified atom stereocenters. The third-order valence-corrected chi connectivity index (χ3v) is 4.52. The highest BCUT2D eigenvalue weighted by Crippen LogP contribution is 2.41. The van der Waals surface area contributed by atoms with E-state index in [1.807, 2.05) is 0 Å². The minimum atomic E-state index is 0.0209. The van der Waals surface area contributed by atoms with Crippen molar-refractivity contribution in [2.75, 3.05) is 0 Å². The fourth-order valence-electron chi connectivity index (χ4n) is 3.28. The Balaban J connectivity index is 1.88. The molecule has 1 aliphatic rings. The zero-order valence-electron chi connectivity index (χ0n) is 11.5. The molecule has 18 heavy (non-hydrogen) atoms. The molecule has 1 saturated carbocycles. The molecule has 0 saturated heterocycles. The summed E-state index contributed by atoms with van der Waals surface area (Å²) in [6, 6.07) is 10.6. The maximum atomic E-state index is 12.0. The van der Waals surface area contributed by atoms with E-state index in [2.05, 4.69) is 30.3 Å². The number of aryl methyl sites for hydroxylation is 1. The smallest absolute Gasteiger partial charge is 0.135 e. The van der Waals surface area contributed by atoms with Gasteiger partial charge in [-0.2, -0.15) is 0 Å². The summed E-state index contributed by atoms with van der Waals surface area (Å²) in [5.74, 6) is 0.426. The van der Waals surface area contributed by atoms with Crippen LogP contribution in [0.5, 0.6) is 0 Å². The van der Waals surface area contributed by atoms with E-state index >= 15 is 0 Å².